The molecule has 0 amide bonds. The number of hydrogen-bond donors (Lipinski definition) is 2. The quantitative estimate of drug-likeness (QED) is 0.563. The molecule has 144 valence electrons. The maximum absolute atomic E-state index is 6.37. The number of aromatic nitrogens is 2. The highest BCUT2D eigenvalue weighted by molar-refractivity contribution is 6.32. The zero-order valence-corrected chi connectivity index (χ0v) is 16.9. The summed E-state index contributed by atoms with van der Waals surface area (Å²) in [7, 11) is 1.60. The maximum Gasteiger partial charge on any atom is 0.179 e. The van der Waals surface area contributed by atoms with E-state index in [1.807, 2.05) is 43.3 Å². The minimum Gasteiger partial charge on any atom is -0.491 e. The summed E-state index contributed by atoms with van der Waals surface area (Å²) in [5.41, 5.74) is 3.06. The van der Waals surface area contributed by atoms with Crippen molar-refractivity contribution in [3.8, 4) is 11.5 Å². The van der Waals surface area contributed by atoms with Gasteiger partial charge in [0.2, 0.25) is 0 Å². The van der Waals surface area contributed by atoms with Crippen LogP contribution in [0.2, 0.25) is 5.02 Å². The molecule has 1 unspecified atom stereocenters. The van der Waals surface area contributed by atoms with Crippen LogP contribution in [0.5, 0.6) is 11.5 Å². The van der Waals surface area contributed by atoms with Crippen molar-refractivity contribution < 1.29 is 9.47 Å². The fraction of sp³-hybridized carbons (Fsp3) is 0.381. The molecule has 0 spiro atoms. The molecule has 0 aliphatic rings. The minimum absolute atomic E-state index is 0.0915. The number of halogens is 1. The van der Waals surface area contributed by atoms with Crippen LogP contribution in [0.1, 0.15) is 38.2 Å². The Labute approximate surface area is 165 Å². The zero-order chi connectivity index (χ0) is 19.4. The Bertz CT molecular complexity index is 875. The summed E-state index contributed by atoms with van der Waals surface area (Å²) in [6, 6.07) is 12.0. The highest BCUT2D eigenvalue weighted by Gasteiger charge is 2.20. The number of ether oxygens (including phenoxy) is 2. The third-order valence-electron chi connectivity index (χ3n) is 4.47. The summed E-state index contributed by atoms with van der Waals surface area (Å²) in [5, 5.41) is 4.14. The van der Waals surface area contributed by atoms with Crippen LogP contribution in [0.3, 0.4) is 0 Å². The van der Waals surface area contributed by atoms with E-state index in [1.54, 1.807) is 7.11 Å². The molecule has 0 bridgehead atoms. The van der Waals surface area contributed by atoms with E-state index >= 15 is 0 Å². The molecule has 3 rings (SSSR count). The number of nitrogens with one attached hydrogen (secondary N) is 2. The average Bonchev–Trinajstić information content (AvgIpc) is 3.05. The molecule has 2 N–H and O–H groups in total. The number of methoxy groups -OCH3 is 1. The van der Waals surface area contributed by atoms with Crippen molar-refractivity contribution in [3.05, 3.63) is 52.8 Å². The number of imidazole rings is 1. The lowest BCUT2D eigenvalue weighted by atomic mass is 10.0. The second-order valence-corrected chi connectivity index (χ2v) is 7.19. The van der Waals surface area contributed by atoms with Gasteiger partial charge in [0.05, 0.1) is 35.8 Å². The smallest absolute Gasteiger partial charge is 0.179 e. The van der Waals surface area contributed by atoms with Gasteiger partial charge in [0.25, 0.3) is 0 Å². The molecule has 27 heavy (non-hydrogen) atoms. The molecule has 0 saturated heterocycles. The standard InChI is InChI=1S/C21H26ClN3O2/c1-5-27-18-11-14(10-15(22)20(18)26-4)12-23-19(13(2)3)21-24-16-8-6-7-9-17(16)25-21/h6-11,13,19,23H,5,12H2,1-4H3,(H,24,25). The third-order valence-corrected chi connectivity index (χ3v) is 4.75. The van der Waals surface area contributed by atoms with Gasteiger partial charge < -0.3 is 19.8 Å². The van der Waals surface area contributed by atoms with Crippen molar-refractivity contribution >= 4 is 22.6 Å². The molecule has 6 heteroatoms. The van der Waals surface area contributed by atoms with Crippen molar-refractivity contribution in [2.75, 3.05) is 13.7 Å². The van der Waals surface area contributed by atoms with Crippen LogP contribution >= 0.6 is 11.6 Å². The average molecular weight is 388 g/mol. The highest BCUT2D eigenvalue weighted by atomic mass is 35.5. The van der Waals surface area contributed by atoms with Crippen molar-refractivity contribution in [1.82, 2.24) is 15.3 Å². The lowest BCUT2D eigenvalue weighted by molar-refractivity contribution is 0.310. The molecule has 3 aromatic rings. The number of benzene rings is 2. The van der Waals surface area contributed by atoms with E-state index in [2.05, 4.69) is 24.1 Å². The molecule has 0 aliphatic carbocycles. The second-order valence-electron chi connectivity index (χ2n) is 6.78. The first-order valence-electron chi connectivity index (χ1n) is 9.20. The van der Waals surface area contributed by atoms with Gasteiger partial charge in [-0.2, -0.15) is 0 Å². The summed E-state index contributed by atoms with van der Waals surface area (Å²) >= 11 is 6.37. The predicted molar refractivity (Wildman–Crippen MR) is 110 cm³/mol. The largest absolute Gasteiger partial charge is 0.491 e. The summed E-state index contributed by atoms with van der Waals surface area (Å²) in [5.74, 6) is 2.54. The fourth-order valence-electron chi connectivity index (χ4n) is 3.18. The molecule has 2 aromatic carbocycles. The first-order valence-corrected chi connectivity index (χ1v) is 9.58. The van der Waals surface area contributed by atoms with Gasteiger partial charge in [-0.3, -0.25) is 0 Å². The lowest BCUT2D eigenvalue weighted by Crippen LogP contribution is -2.26. The van der Waals surface area contributed by atoms with Gasteiger partial charge >= 0.3 is 0 Å². The van der Waals surface area contributed by atoms with Gasteiger partial charge in [-0.15, -0.1) is 0 Å². The number of nitrogens with zero attached hydrogens (tertiary/aromatic N) is 1. The van der Waals surface area contributed by atoms with Crippen molar-refractivity contribution in [2.45, 2.75) is 33.4 Å². The molecule has 0 aliphatic heterocycles. The second kappa shape index (κ2) is 8.63. The maximum atomic E-state index is 6.37. The lowest BCUT2D eigenvalue weighted by Gasteiger charge is -2.21. The monoisotopic (exact) mass is 387 g/mol. The molecular weight excluding hydrogens is 362 g/mol. The van der Waals surface area contributed by atoms with Crippen molar-refractivity contribution in [2.24, 2.45) is 5.92 Å². The van der Waals surface area contributed by atoms with Crippen LogP contribution in [-0.2, 0) is 6.54 Å². The van der Waals surface area contributed by atoms with Gasteiger partial charge in [-0.05, 0) is 42.7 Å². The van der Waals surface area contributed by atoms with Crippen LogP contribution in [0, 0.1) is 5.92 Å². The van der Waals surface area contributed by atoms with E-state index in [4.69, 9.17) is 26.1 Å². The van der Waals surface area contributed by atoms with E-state index < -0.39 is 0 Å². The predicted octanol–water partition coefficient (Wildman–Crippen LogP) is 5.11. The van der Waals surface area contributed by atoms with Gasteiger partial charge in [0, 0.05) is 6.54 Å². The molecule has 1 aromatic heterocycles. The number of fused-ring (bicyclic) bond motifs is 1. The van der Waals surface area contributed by atoms with Gasteiger partial charge in [0.15, 0.2) is 11.5 Å². The number of H-pyrrole nitrogens is 1. The topological polar surface area (TPSA) is 59.2 Å². The fourth-order valence-corrected chi connectivity index (χ4v) is 3.49. The number of hydrogen-bond acceptors (Lipinski definition) is 4. The van der Waals surface area contributed by atoms with Crippen LogP contribution in [-0.4, -0.2) is 23.7 Å². The Morgan fingerprint density at radius 2 is 2.00 bits per heavy atom. The van der Waals surface area contributed by atoms with E-state index in [9.17, 15) is 0 Å². The third kappa shape index (κ3) is 4.37. The first kappa shape index (κ1) is 19.5. The molecule has 0 saturated carbocycles. The van der Waals surface area contributed by atoms with Crippen molar-refractivity contribution in [1.29, 1.82) is 0 Å². The summed E-state index contributed by atoms with van der Waals surface area (Å²) in [4.78, 5) is 8.18. The SMILES string of the molecule is CCOc1cc(CNC(c2nc3ccccc3[nH]2)C(C)C)cc(Cl)c1OC. The molecule has 5 nitrogen and oxygen atoms in total. The van der Waals surface area contributed by atoms with E-state index in [-0.39, 0.29) is 6.04 Å². The van der Waals surface area contributed by atoms with E-state index in [0.29, 0.717) is 35.6 Å². The molecule has 1 atom stereocenters. The number of aromatic amines is 1. The normalized spacial score (nSPS) is 12.5. The zero-order valence-electron chi connectivity index (χ0n) is 16.2. The van der Waals surface area contributed by atoms with E-state index in [1.165, 1.54) is 0 Å². The number of rotatable bonds is 8. The van der Waals surface area contributed by atoms with E-state index in [0.717, 1.165) is 22.4 Å². The van der Waals surface area contributed by atoms with Gasteiger partial charge in [-0.1, -0.05) is 37.6 Å². The Balaban J connectivity index is 1.82. The van der Waals surface area contributed by atoms with Crippen molar-refractivity contribution in [3.63, 3.8) is 0 Å². The Hall–Kier alpha value is -2.24. The summed E-state index contributed by atoms with van der Waals surface area (Å²) in [6.45, 7) is 7.49. The Morgan fingerprint density at radius 3 is 2.67 bits per heavy atom. The molecular formula is C21H26ClN3O2. The Morgan fingerprint density at radius 1 is 1.22 bits per heavy atom. The van der Waals surface area contributed by atoms with Crippen LogP contribution in [0.15, 0.2) is 36.4 Å². The first-order chi connectivity index (χ1) is 13.0. The molecule has 1 heterocycles. The molecule has 0 fully saturated rings. The van der Waals surface area contributed by atoms with Crippen LogP contribution in [0.4, 0.5) is 0 Å². The van der Waals surface area contributed by atoms with Gasteiger partial charge in [0.1, 0.15) is 5.82 Å². The van der Waals surface area contributed by atoms with Gasteiger partial charge in [-0.25, -0.2) is 4.98 Å². The minimum atomic E-state index is 0.0915. The summed E-state index contributed by atoms with van der Waals surface area (Å²) < 4.78 is 11.0. The highest BCUT2D eigenvalue weighted by Crippen LogP contribution is 2.36. The van der Waals surface area contributed by atoms with Crippen LogP contribution < -0.4 is 14.8 Å². The summed E-state index contributed by atoms with van der Waals surface area (Å²) in [6.07, 6.45) is 0. The molecule has 0 radical (unpaired) electrons. The van der Waals surface area contributed by atoms with Crippen LogP contribution in [0.25, 0.3) is 11.0 Å². The number of para-hydroxylation sites is 2. The Kier molecular flexibility index (Phi) is 6.24.